The van der Waals surface area contributed by atoms with Crippen LogP contribution in [0.5, 0.6) is 0 Å². The van der Waals surface area contributed by atoms with Gasteiger partial charge in [0.1, 0.15) is 0 Å². The molecule has 1 N–H and O–H groups in total. The van der Waals surface area contributed by atoms with Gasteiger partial charge in [-0.25, -0.2) is 0 Å². The summed E-state index contributed by atoms with van der Waals surface area (Å²) in [6.45, 7) is 3.98. The van der Waals surface area contributed by atoms with E-state index < -0.39 is 0 Å². The minimum absolute atomic E-state index is 0.113. The first-order valence-corrected chi connectivity index (χ1v) is 5.37. The first kappa shape index (κ1) is 10.7. The first-order valence-electron chi connectivity index (χ1n) is 5.37. The second-order valence-corrected chi connectivity index (χ2v) is 4.37. The highest BCUT2D eigenvalue weighted by atomic mass is 16.1. The molecule has 0 aliphatic heterocycles. The number of ketones is 1. The average molecular weight is 183 g/mol. The van der Waals surface area contributed by atoms with Gasteiger partial charge in [-0.3, -0.25) is 4.79 Å². The Labute approximate surface area is 81.1 Å². The zero-order valence-electron chi connectivity index (χ0n) is 8.97. The van der Waals surface area contributed by atoms with E-state index in [1.165, 1.54) is 25.7 Å². The Morgan fingerprint density at radius 2 is 1.85 bits per heavy atom. The van der Waals surface area contributed by atoms with Crippen LogP contribution in [0, 0.1) is 11.8 Å². The number of nitrogens with one attached hydrogen (secondary N) is 1. The van der Waals surface area contributed by atoms with Crippen molar-refractivity contribution in [3.8, 4) is 0 Å². The number of carbonyl (C=O) groups is 1. The molecule has 0 bridgehead atoms. The van der Waals surface area contributed by atoms with Gasteiger partial charge in [-0.05, 0) is 25.8 Å². The van der Waals surface area contributed by atoms with Crippen LogP contribution in [0.3, 0.4) is 0 Å². The standard InChI is InChI=1S/C11H21NO/c1-8(2)11(13)10(12-3)9-6-4-5-7-9/h8-10,12H,4-7H2,1-3H3/t10-/m0/s1. The summed E-state index contributed by atoms with van der Waals surface area (Å²) in [4.78, 5) is 11.8. The lowest BCUT2D eigenvalue weighted by Crippen LogP contribution is -2.42. The second-order valence-electron chi connectivity index (χ2n) is 4.37. The fourth-order valence-electron chi connectivity index (χ4n) is 2.26. The number of carbonyl (C=O) groups excluding carboxylic acids is 1. The summed E-state index contributed by atoms with van der Waals surface area (Å²) in [5.41, 5.74) is 0. The Kier molecular flexibility index (Phi) is 3.91. The Balaban J connectivity index is 2.55. The Hall–Kier alpha value is -0.370. The zero-order chi connectivity index (χ0) is 9.84. The van der Waals surface area contributed by atoms with E-state index in [0.717, 1.165) is 0 Å². The van der Waals surface area contributed by atoms with E-state index in [0.29, 0.717) is 11.7 Å². The fourth-order valence-corrected chi connectivity index (χ4v) is 2.26. The van der Waals surface area contributed by atoms with E-state index in [-0.39, 0.29) is 12.0 Å². The van der Waals surface area contributed by atoms with E-state index in [1.807, 2.05) is 20.9 Å². The molecule has 0 unspecified atom stereocenters. The van der Waals surface area contributed by atoms with Crippen molar-refractivity contribution in [2.45, 2.75) is 45.6 Å². The molecule has 13 heavy (non-hydrogen) atoms. The molecule has 2 nitrogen and oxygen atoms in total. The molecule has 0 amide bonds. The van der Waals surface area contributed by atoms with Gasteiger partial charge < -0.3 is 5.32 Å². The Bertz CT molecular complexity index is 171. The molecule has 2 heteroatoms. The maximum atomic E-state index is 11.8. The maximum absolute atomic E-state index is 11.8. The Morgan fingerprint density at radius 1 is 1.31 bits per heavy atom. The van der Waals surface area contributed by atoms with Crippen LogP contribution in [0.2, 0.25) is 0 Å². The van der Waals surface area contributed by atoms with Crippen LogP contribution in [0.1, 0.15) is 39.5 Å². The number of Topliss-reactive ketones (excluding diaryl/α,β-unsaturated/α-hetero) is 1. The fraction of sp³-hybridized carbons (Fsp3) is 0.909. The van der Waals surface area contributed by atoms with Crippen LogP contribution in [-0.2, 0) is 4.79 Å². The predicted octanol–water partition coefficient (Wildman–Crippen LogP) is 1.99. The van der Waals surface area contributed by atoms with E-state index in [2.05, 4.69) is 5.32 Å². The smallest absolute Gasteiger partial charge is 0.152 e. The highest BCUT2D eigenvalue weighted by molar-refractivity contribution is 5.86. The number of hydrogen-bond acceptors (Lipinski definition) is 2. The van der Waals surface area contributed by atoms with Crippen LogP contribution in [0.15, 0.2) is 0 Å². The van der Waals surface area contributed by atoms with Crippen molar-refractivity contribution in [2.24, 2.45) is 11.8 Å². The third-order valence-electron chi connectivity index (χ3n) is 3.06. The molecule has 1 aliphatic carbocycles. The van der Waals surface area contributed by atoms with Crippen molar-refractivity contribution in [3.63, 3.8) is 0 Å². The van der Waals surface area contributed by atoms with Gasteiger partial charge in [0.15, 0.2) is 5.78 Å². The summed E-state index contributed by atoms with van der Waals surface area (Å²) in [7, 11) is 1.91. The summed E-state index contributed by atoms with van der Waals surface area (Å²) >= 11 is 0. The van der Waals surface area contributed by atoms with Crippen LogP contribution in [0.4, 0.5) is 0 Å². The van der Waals surface area contributed by atoms with E-state index in [9.17, 15) is 4.79 Å². The summed E-state index contributed by atoms with van der Waals surface area (Å²) < 4.78 is 0. The van der Waals surface area contributed by atoms with Crippen molar-refractivity contribution in [1.82, 2.24) is 5.32 Å². The molecule has 1 saturated carbocycles. The SMILES string of the molecule is CN[C@H](C(=O)C(C)C)C1CCCC1. The molecule has 0 radical (unpaired) electrons. The minimum atomic E-state index is 0.113. The van der Waals surface area contributed by atoms with Crippen molar-refractivity contribution in [3.05, 3.63) is 0 Å². The van der Waals surface area contributed by atoms with Gasteiger partial charge in [-0.15, -0.1) is 0 Å². The molecule has 1 atom stereocenters. The topological polar surface area (TPSA) is 29.1 Å². The van der Waals surface area contributed by atoms with Gasteiger partial charge in [0.2, 0.25) is 0 Å². The zero-order valence-corrected chi connectivity index (χ0v) is 8.97. The van der Waals surface area contributed by atoms with Crippen LogP contribution in [-0.4, -0.2) is 18.9 Å². The average Bonchev–Trinajstić information content (AvgIpc) is 2.58. The third kappa shape index (κ3) is 2.53. The summed E-state index contributed by atoms with van der Waals surface area (Å²) in [5, 5.41) is 3.18. The number of rotatable bonds is 4. The van der Waals surface area contributed by atoms with Gasteiger partial charge in [-0.2, -0.15) is 0 Å². The number of hydrogen-bond donors (Lipinski definition) is 1. The molecular formula is C11H21NO. The number of likely N-dealkylation sites (N-methyl/N-ethyl adjacent to an activating group) is 1. The molecule has 0 aromatic rings. The molecule has 0 saturated heterocycles. The van der Waals surface area contributed by atoms with Gasteiger partial charge in [0, 0.05) is 5.92 Å². The lowest BCUT2D eigenvalue weighted by molar-refractivity contribution is -0.125. The molecule has 0 heterocycles. The minimum Gasteiger partial charge on any atom is -0.310 e. The molecule has 1 rings (SSSR count). The summed E-state index contributed by atoms with van der Waals surface area (Å²) in [5.74, 6) is 1.15. The van der Waals surface area contributed by atoms with E-state index in [1.54, 1.807) is 0 Å². The summed E-state index contributed by atoms with van der Waals surface area (Å²) in [6, 6.07) is 0.113. The predicted molar refractivity (Wildman–Crippen MR) is 54.7 cm³/mol. The van der Waals surface area contributed by atoms with Gasteiger partial charge in [0.25, 0.3) is 0 Å². The van der Waals surface area contributed by atoms with E-state index in [4.69, 9.17) is 0 Å². The van der Waals surface area contributed by atoms with Crippen molar-refractivity contribution in [2.75, 3.05) is 7.05 Å². The van der Waals surface area contributed by atoms with Crippen LogP contribution >= 0.6 is 0 Å². The molecule has 0 aromatic carbocycles. The van der Waals surface area contributed by atoms with Crippen molar-refractivity contribution >= 4 is 5.78 Å². The molecular weight excluding hydrogens is 162 g/mol. The maximum Gasteiger partial charge on any atom is 0.152 e. The summed E-state index contributed by atoms with van der Waals surface area (Å²) in [6.07, 6.45) is 5.05. The van der Waals surface area contributed by atoms with Gasteiger partial charge >= 0.3 is 0 Å². The molecule has 0 aromatic heterocycles. The van der Waals surface area contributed by atoms with Gasteiger partial charge in [-0.1, -0.05) is 26.7 Å². The normalized spacial score (nSPS) is 20.9. The molecule has 0 spiro atoms. The van der Waals surface area contributed by atoms with Crippen molar-refractivity contribution in [1.29, 1.82) is 0 Å². The molecule has 76 valence electrons. The van der Waals surface area contributed by atoms with Crippen molar-refractivity contribution < 1.29 is 4.79 Å². The quantitative estimate of drug-likeness (QED) is 0.722. The largest absolute Gasteiger partial charge is 0.310 e. The molecule has 1 fully saturated rings. The highest BCUT2D eigenvalue weighted by Gasteiger charge is 2.30. The highest BCUT2D eigenvalue weighted by Crippen LogP contribution is 2.28. The third-order valence-corrected chi connectivity index (χ3v) is 3.06. The van der Waals surface area contributed by atoms with Crippen LogP contribution < -0.4 is 5.32 Å². The van der Waals surface area contributed by atoms with Gasteiger partial charge in [0.05, 0.1) is 6.04 Å². The molecule has 1 aliphatic rings. The van der Waals surface area contributed by atoms with Crippen LogP contribution in [0.25, 0.3) is 0 Å². The first-order chi connectivity index (χ1) is 6.16. The Morgan fingerprint density at radius 3 is 2.23 bits per heavy atom. The lowest BCUT2D eigenvalue weighted by Gasteiger charge is -2.23. The lowest BCUT2D eigenvalue weighted by atomic mass is 9.90. The monoisotopic (exact) mass is 183 g/mol. The second kappa shape index (κ2) is 4.75. The van der Waals surface area contributed by atoms with E-state index >= 15 is 0 Å².